The van der Waals surface area contributed by atoms with Crippen LogP contribution >= 0.6 is 0 Å². The predicted molar refractivity (Wildman–Crippen MR) is 140 cm³/mol. The Hall–Kier alpha value is -3.52. The van der Waals surface area contributed by atoms with Gasteiger partial charge in [-0.1, -0.05) is 43.5 Å². The van der Waals surface area contributed by atoms with Crippen LogP contribution in [-0.2, 0) is 13.1 Å². The third-order valence-electron chi connectivity index (χ3n) is 7.36. The van der Waals surface area contributed by atoms with E-state index < -0.39 is 0 Å². The van der Waals surface area contributed by atoms with Crippen molar-refractivity contribution in [2.75, 3.05) is 7.11 Å². The van der Waals surface area contributed by atoms with Crippen LogP contribution in [0.4, 0.5) is 0 Å². The van der Waals surface area contributed by atoms with E-state index in [-0.39, 0.29) is 11.6 Å². The number of fused-ring (bicyclic) bond motifs is 1. The summed E-state index contributed by atoms with van der Waals surface area (Å²) in [4.78, 5) is 18.6. The van der Waals surface area contributed by atoms with Crippen LogP contribution in [0.25, 0.3) is 10.9 Å². The number of methoxy groups -OCH3 is 1. The molecule has 2 aromatic carbocycles. The third kappa shape index (κ3) is 5.04. The maximum Gasteiger partial charge on any atom is 0.252 e. The lowest BCUT2D eigenvalue weighted by molar-refractivity contribution is 0.112. The zero-order chi connectivity index (χ0) is 25.1. The topological polar surface area (TPSA) is 88.9 Å². The van der Waals surface area contributed by atoms with E-state index in [1.165, 1.54) is 18.4 Å². The van der Waals surface area contributed by atoms with Gasteiger partial charge in [0.15, 0.2) is 5.82 Å². The van der Waals surface area contributed by atoms with Gasteiger partial charge in [-0.2, -0.15) is 0 Å². The van der Waals surface area contributed by atoms with Gasteiger partial charge in [0.25, 0.3) is 5.56 Å². The molecular weight excluding hydrogens is 452 g/mol. The number of rotatable bonds is 9. The molecule has 1 N–H and O–H groups in total. The highest BCUT2D eigenvalue weighted by molar-refractivity contribution is 5.79. The Morgan fingerprint density at radius 2 is 1.92 bits per heavy atom. The monoisotopic (exact) mass is 486 g/mol. The molecule has 36 heavy (non-hydrogen) atoms. The number of aromatic amines is 1. The minimum absolute atomic E-state index is 0.00829. The normalized spacial score (nSPS) is 15.1. The highest BCUT2D eigenvalue weighted by Gasteiger charge is 2.32. The molecule has 0 spiro atoms. The van der Waals surface area contributed by atoms with E-state index in [1.807, 2.05) is 41.1 Å². The van der Waals surface area contributed by atoms with Crippen molar-refractivity contribution in [1.29, 1.82) is 0 Å². The summed E-state index contributed by atoms with van der Waals surface area (Å²) in [6.07, 6.45) is 5.52. The molecule has 2 heterocycles. The summed E-state index contributed by atoms with van der Waals surface area (Å²) in [5.74, 6) is 1.67. The SMILES string of the molecule is CC[C@H](c1nnnn1Cc1ccc(OC)cc1)N(Cc1cc2cc(C)ccc2[nH]c1=O)C1CCCC1. The second-order valence-corrected chi connectivity index (χ2v) is 9.79. The maximum absolute atomic E-state index is 13.1. The van der Waals surface area contributed by atoms with E-state index in [1.54, 1.807) is 7.11 Å². The summed E-state index contributed by atoms with van der Waals surface area (Å²) in [7, 11) is 1.67. The molecule has 188 valence electrons. The van der Waals surface area contributed by atoms with Gasteiger partial charge in [-0.25, -0.2) is 4.68 Å². The standard InChI is InChI=1S/C28H34N6O2/c1-4-26(27-30-31-32-34(27)17-20-10-12-24(36-3)13-11-20)33(23-7-5-6-8-23)18-22-16-21-15-19(2)9-14-25(21)29-28(22)35/h9-16,23,26H,4-8,17-18H2,1-3H3,(H,29,35)/t26-/m1/s1. The van der Waals surface area contributed by atoms with Gasteiger partial charge in [0.2, 0.25) is 0 Å². The first kappa shape index (κ1) is 24.2. The molecule has 0 bridgehead atoms. The van der Waals surface area contributed by atoms with E-state index in [4.69, 9.17) is 4.74 Å². The average molecular weight is 487 g/mol. The van der Waals surface area contributed by atoms with E-state index in [0.29, 0.717) is 19.1 Å². The van der Waals surface area contributed by atoms with Crippen molar-refractivity contribution in [1.82, 2.24) is 30.1 Å². The number of aromatic nitrogens is 5. The Morgan fingerprint density at radius 3 is 2.64 bits per heavy atom. The molecule has 8 heteroatoms. The van der Waals surface area contributed by atoms with Gasteiger partial charge in [0.05, 0.1) is 19.7 Å². The second-order valence-electron chi connectivity index (χ2n) is 9.79. The summed E-state index contributed by atoms with van der Waals surface area (Å²) in [5.41, 5.74) is 3.91. The van der Waals surface area contributed by atoms with Crippen LogP contribution in [0.1, 0.15) is 67.6 Å². The Balaban J connectivity index is 1.47. The predicted octanol–water partition coefficient (Wildman–Crippen LogP) is 4.78. The van der Waals surface area contributed by atoms with Crippen molar-refractivity contribution < 1.29 is 4.74 Å². The fourth-order valence-electron chi connectivity index (χ4n) is 5.45. The molecule has 0 unspecified atom stereocenters. The van der Waals surface area contributed by atoms with E-state index >= 15 is 0 Å². The number of hydrogen-bond acceptors (Lipinski definition) is 6. The number of hydrogen-bond donors (Lipinski definition) is 1. The molecule has 1 aliphatic carbocycles. The summed E-state index contributed by atoms with van der Waals surface area (Å²) in [6, 6.07) is 16.6. The van der Waals surface area contributed by atoms with Gasteiger partial charge in [-0.05, 0) is 77.9 Å². The number of benzene rings is 2. The molecule has 0 saturated heterocycles. The maximum atomic E-state index is 13.1. The second kappa shape index (κ2) is 10.6. The minimum atomic E-state index is -0.0259. The van der Waals surface area contributed by atoms with Crippen LogP contribution in [0.15, 0.2) is 53.3 Å². The molecule has 0 aliphatic heterocycles. The van der Waals surface area contributed by atoms with Gasteiger partial charge in [-0.15, -0.1) is 5.10 Å². The molecule has 1 fully saturated rings. The lowest BCUT2D eigenvalue weighted by Gasteiger charge is -2.35. The minimum Gasteiger partial charge on any atom is -0.497 e. The van der Waals surface area contributed by atoms with Crippen molar-refractivity contribution in [2.24, 2.45) is 0 Å². The quantitative estimate of drug-likeness (QED) is 0.366. The lowest BCUT2D eigenvalue weighted by atomic mass is 10.0. The van der Waals surface area contributed by atoms with Crippen LogP contribution in [-0.4, -0.2) is 43.2 Å². The Labute approximate surface area is 211 Å². The van der Waals surface area contributed by atoms with Crippen molar-refractivity contribution in [3.63, 3.8) is 0 Å². The average Bonchev–Trinajstić information content (AvgIpc) is 3.58. The van der Waals surface area contributed by atoms with Crippen LogP contribution < -0.4 is 10.3 Å². The molecule has 2 aromatic heterocycles. The van der Waals surface area contributed by atoms with E-state index in [2.05, 4.69) is 51.4 Å². The fraction of sp³-hybridized carbons (Fsp3) is 0.429. The molecule has 0 amide bonds. The number of pyridine rings is 1. The number of nitrogens with zero attached hydrogens (tertiary/aromatic N) is 5. The summed E-state index contributed by atoms with van der Waals surface area (Å²) in [6.45, 7) is 5.40. The van der Waals surface area contributed by atoms with Gasteiger partial charge in [-0.3, -0.25) is 9.69 Å². The fourth-order valence-corrected chi connectivity index (χ4v) is 5.45. The molecule has 8 nitrogen and oxygen atoms in total. The molecule has 0 radical (unpaired) electrons. The van der Waals surface area contributed by atoms with Crippen molar-refractivity contribution in [2.45, 2.75) is 71.1 Å². The number of H-pyrrole nitrogens is 1. The molecular formula is C28H34N6O2. The molecule has 1 saturated carbocycles. The zero-order valence-electron chi connectivity index (χ0n) is 21.3. The Bertz CT molecular complexity index is 1370. The Kier molecular flexibility index (Phi) is 7.13. The molecule has 1 atom stereocenters. The lowest BCUT2D eigenvalue weighted by Crippen LogP contribution is -2.39. The van der Waals surface area contributed by atoms with E-state index in [9.17, 15) is 4.79 Å². The van der Waals surface area contributed by atoms with Crippen molar-refractivity contribution in [3.05, 3.63) is 81.4 Å². The van der Waals surface area contributed by atoms with Gasteiger partial charge < -0.3 is 9.72 Å². The highest BCUT2D eigenvalue weighted by atomic mass is 16.5. The first-order valence-corrected chi connectivity index (χ1v) is 12.8. The zero-order valence-corrected chi connectivity index (χ0v) is 21.3. The molecule has 5 rings (SSSR count). The number of aryl methyl sites for hydroxylation is 1. The summed E-state index contributed by atoms with van der Waals surface area (Å²) < 4.78 is 7.18. The Morgan fingerprint density at radius 1 is 1.14 bits per heavy atom. The summed E-state index contributed by atoms with van der Waals surface area (Å²) in [5, 5.41) is 13.9. The first-order chi connectivity index (χ1) is 17.6. The molecule has 4 aromatic rings. The van der Waals surface area contributed by atoms with Crippen LogP contribution in [0.2, 0.25) is 0 Å². The van der Waals surface area contributed by atoms with E-state index in [0.717, 1.165) is 52.9 Å². The number of ether oxygens (including phenoxy) is 1. The van der Waals surface area contributed by atoms with Gasteiger partial charge in [0, 0.05) is 23.7 Å². The first-order valence-electron chi connectivity index (χ1n) is 12.8. The van der Waals surface area contributed by atoms with Crippen molar-refractivity contribution in [3.8, 4) is 5.75 Å². The van der Waals surface area contributed by atoms with Gasteiger partial charge in [0.1, 0.15) is 5.75 Å². The molecule has 1 aliphatic rings. The number of nitrogens with one attached hydrogen (secondary N) is 1. The highest BCUT2D eigenvalue weighted by Crippen LogP contribution is 2.33. The number of tetrazole rings is 1. The van der Waals surface area contributed by atoms with Crippen LogP contribution in [0, 0.1) is 6.92 Å². The van der Waals surface area contributed by atoms with Crippen LogP contribution in [0.3, 0.4) is 0 Å². The van der Waals surface area contributed by atoms with Gasteiger partial charge >= 0.3 is 0 Å². The third-order valence-corrected chi connectivity index (χ3v) is 7.36. The van der Waals surface area contributed by atoms with Crippen molar-refractivity contribution >= 4 is 10.9 Å². The summed E-state index contributed by atoms with van der Waals surface area (Å²) >= 11 is 0. The van der Waals surface area contributed by atoms with Crippen LogP contribution in [0.5, 0.6) is 5.75 Å². The largest absolute Gasteiger partial charge is 0.497 e. The smallest absolute Gasteiger partial charge is 0.252 e.